The van der Waals surface area contributed by atoms with Crippen molar-refractivity contribution in [1.82, 2.24) is 0 Å². The second-order valence-corrected chi connectivity index (χ2v) is 5.11. The molecule has 0 aliphatic carbocycles. The van der Waals surface area contributed by atoms with Crippen LogP contribution in [0, 0.1) is 0 Å². The number of carbonyl (C=O) groups is 2. The summed E-state index contributed by atoms with van der Waals surface area (Å²) in [6.07, 6.45) is 0. The largest absolute Gasteiger partial charge is 0.385 e. The first-order valence-corrected chi connectivity index (χ1v) is 5.90. The zero-order valence-corrected chi connectivity index (χ0v) is 10.1. The molecule has 1 aromatic carbocycles. The second kappa shape index (κ2) is 3.30. The molecule has 1 aliphatic heterocycles. The van der Waals surface area contributed by atoms with Crippen LogP contribution in [0.15, 0.2) is 18.2 Å². The van der Waals surface area contributed by atoms with Gasteiger partial charge in [-0.3, -0.25) is 0 Å². The predicted octanol–water partition coefficient (Wildman–Crippen LogP) is 2.28. The van der Waals surface area contributed by atoms with E-state index in [4.69, 9.17) is 0 Å². The normalized spacial score (nSPS) is 14.0. The molecule has 0 spiro atoms. The molecule has 2 aromatic rings. The van der Waals surface area contributed by atoms with Gasteiger partial charge in [0.05, 0.1) is 5.56 Å². The minimum Gasteiger partial charge on any atom is -0.385 e. The first-order chi connectivity index (χ1) is 8.08. The highest BCUT2D eigenvalue weighted by Gasteiger charge is 2.34. The summed E-state index contributed by atoms with van der Waals surface area (Å²) in [4.78, 5) is 25.4. The van der Waals surface area contributed by atoms with Crippen LogP contribution in [0.2, 0.25) is 0 Å². The molecule has 4 nitrogen and oxygen atoms in total. The number of thiophene rings is 1. The van der Waals surface area contributed by atoms with Crippen molar-refractivity contribution in [3.63, 3.8) is 0 Å². The fraction of sp³-hybridized carbons (Fsp3) is 0.167. The molecule has 2 heterocycles. The van der Waals surface area contributed by atoms with Gasteiger partial charge in [0.1, 0.15) is 4.88 Å². The molecule has 3 rings (SSSR count). The van der Waals surface area contributed by atoms with Gasteiger partial charge >= 0.3 is 11.9 Å². The number of cyclic esters (lactones) is 2. The van der Waals surface area contributed by atoms with Crippen molar-refractivity contribution in [2.24, 2.45) is 0 Å². The minimum absolute atomic E-state index is 0.415. The van der Waals surface area contributed by atoms with Crippen molar-refractivity contribution < 1.29 is 14.3 Å². The Kier molecular flexibility index (Phi) is 2.00. The van der Waals surface area contributed by atoms with E-state index in [0.29, 0.717) is 10.4 Å². The number of carbonyl (C=O) groups excluding carboxylic acids is 2. The third-order valence-electron chi connectivity index (χ3n) is 2.76. The highest BCUT2D eigenvalue weighted by Crippen LogP contribution is 2.37. The molecule has 0 amide bonds. The third kappa shape index (κ3) is 1.36. The maximum atomic E-state index is 11.6. The number of benzene rings is 1. The molecule has 0 radical (unpaired) electrons. The molecule has 0 atom stereocenters. The van der Waals surface area contributed by atoms with E-state index >= 15 is 0 Å². The van der Waals surface area contributed by atoms with E-state index < -0.39 is 11.9 Å². The lowest BCUT2D eigenvalue weighted by Crippen LogP contribution is -2.08. The first kappa shape index (κ1) is 10.3. The Labute approximate surface area is 101 Å². The van der Waals surface area contributed by atoms with E-state index in [2.05, 4.69) is 4.74 Å². The zero-order chi connectivity index (χ0) is 12.2. The van der Waals surface area contributed by atoms with Crippen LogP contribution in [-0.2, 0) is 4.74 Å². The monoisotopic (exact) mass is 247 g/mol. The SMILES string of the molecule is CN(C)c1ccc2sc3c(c2c1)C(=O)OC3=O. The number of ether oxygens (including phenoxy) is 1. The molecule has 0 fully saturated rings. The van der Waals surface area contributed by atoms with E-state index in [0.717, 1.165) is 15.8 Å². The molecule has 17 heavy (non-hydrogen) atoms. The number of fused-ring (bicyclic) bond motifs is 3. The Balaban J connectivity index is 2.33. The summed E-state index contributed by atoms with van der Waals surface area (Å²) in [6.45, 7) is 0. The Morgan fingerprint density at radius 1 is 1.18 bits per heavy atom. The molecule has 86 valence electrons. The van der Waals surface area contributed by atoms with Crippen molar-refractivity contribution >= 4 is 39.0 Å². The number of rotatable bonds is 1. The van der Waals surface area contributed by atoms with Gasteiger partial charge in [0.2, 0.25) is 0 Å². The fourth-order valence-electron chi connectivity index (χ4n) is 1.89. The van der Waals surface area contributed by atoms with Crippen LogP contribution in [0.3, 0.4) is 0 Å². The Morgan fingerprint density at radius 3 is 2.65 bits per heavy atom. The van der Waals surface area contributed by atoms with Crippen LogP contribution in [-0.4, -0.2) is 26.0 Å². The summed E-state index contributed by atoms with van der Waals surface area (Å²) in [7, 11) is 3.86. The minimum atomic E-state index is -0.535. The summed E-state index contributed by atoms with van der Waals surface area (Å²) < 4.78 is 5.53. The maximum Gasteiger partial charge on any atom is 0.357 e. The van der Waals surface area contributed by atoms with Crippen molar-refractivity contribution in [1.29, 1.82) is 0 Å². The Hall–Kier alpha value is -1.88. The quantitative estimate of drug-likeness (QED) is 0.573. The molecule has 1 aromatic heterocycles. The van der Waals surface area contributed by atoms with Crippen molar-refractivity contribution in [3.05, 3.63) is 28.6 Å². The molecular formula is C12H9NO3S. The van der Waals surface area contributed by atoms with Crippen LogP contribution in [0.4, 0.5) is 5.69 Å². The molecule has 0 bridgehead atoms. The number of anilines is 1. The lowest BCUT2D eigenvalue weighted by atomic mass is 10.1. The van der Waals surface area contributed by atoms with Gasteiger partial charge in [-0.25, -0.2) is 9.59 Å². The van der Waals surface area contributed by atoms with E-state index in [1.807, 2.05) is 37.2 Å². The van der Waals surface area contributed by atoms with Gasteiger partial charge in [-0.2, -0.15) is 0 Å². The molecule has 0 saturated heterocycles. The molecule has 0 N–H and O–H groups in total. The second-order valence-electron chi connectivity index (χ2n) is 4.06. The highest BCUT2D eigenvalue weighted by molar-refractivity contribution is 7.21. The highest BCUT2D eigenvalue weighted by atomic mass is 32.1. The summed E-state index contributed by atoms with van der Waals surface area (Å²) in [5, 5.41) is 0.798. The first-order valence-electron chi connectivity index (χ1n) is 5.08. The predicted molar refractivity (Wildman–Crippen MR) is 65.9 cm³/mol. The van der Waals surface area contributed by atoms with Crippen LogP contribution >= 0.6 is 11.3 Å². The average Bonchev–Trinajstić information content (AvgIpc) is 2.77. The molecule has 1 aliphatic rings. The number of hydrogen-bond acceptors (Lipinski definition) is 5. The number of nitrogens with zero attached hydrogens (tertiary/aromatic N) is 1. The molecule has 0 unspecified atom stereocenters. The fourth-order valence-corrected chi connectivity index (χ4v) is 2.94. The molecule has 0 saturated carbocycles. The summed E-state index contributed by atoms with van der Waals surface area (Å²) in [5.41, 5.74) is 1.41. The van der Waals surface area contributed by atoms with Gasteiger partial charge in [-0.15, -0.1) is 11.3 Å². The van der Waals surface area contributed by atoms with E-state index in [1.165, 1.54) is 11.3 Å². The van der Waals surface area contributed by atoms with E-state index in [9.17, 15) is 9.59 Å². The van der Waals surface area contributed by atoms with E-state index in [1.54, 1.807) is 0 Å². The lowest BCUT2D eigenvalue weighted by Gasteiger charge is -2.11. The average molecular weight is 247 g/mol. The van der Waals surface area contributed by atoms with Crippen molar-refractivity contribution in [2.45, 2.75) is 0 Å². The summed E-state index contributed by atoms with van der Waals surface area (Å²) in [6, 6.07) is 5.79. The van der Waals surface area contributed by atoms with Gasteiger partial charge in [-0.1, -0.05) is 0 Å². The van der Waals surface area contributed by atoms with Crippen LogP contribution in [0.25, 0.3) is 10.1 Å². The standard InChI is InChI=1S/C12H9NO3S/c1-13(2)6-3-4-8-7(5-6)9-10(17-8)12(15)16-11(9)14/h3-5H,1-2H3. The maximum absolute atomic E-state index is 11.6. The van der Waals surface area contributed by atoms with Crippen molar-refractivity contribution in [3.8, 4) is 0 Å². The smallest absolute Gasteiger partial charge is 0.357 e. The molecule has 5 heteroatoms. The van der Waals surface area contributed by atoms with Crippen LogP contribution in [0.5, 0.6) is 0 Å². The van der Waals surface area contributed by atoms with Crippen LogP contribution in [0.1, 0.15) is 20.0 Å². The Morgan fingerprint density at radius 2 is 1.94 bits per heavy atom. The van der Waals surface area contributed by atoms with Gasteiger partial charge in [0.25, 0.3) is 0 Å². The zero-order valence-electron chi connectivity index (χ0n) is 9.31. The van der Waals surface area contributed by atoms with Gasteiger partial charge in [0.15, 0.2) is 0 Å². The molecular weight excluding hydrogens is 238 g/mol. The number of esters is 2. The summed E-state index contributed by atoms with van der Waals surface area (Å²) in [5.74, 6) is -1.07. The van der Waals surface area contributed by atoms with Gasteiger partial charge in [-0.05, 0) is 18.2 Å². The topological polar surface area (TPSA) is 46.6 Å². The Bertz CT molecular complexity index is 657. The van der Waals surface area contributed by atoms with Gasteiger partial charge < -0.3 is 9.64 Å². The van der Waals surface area contributed by atoms with E-state index in [-0.39, 0.29) is 0 Å². The number of hydrogen-bond donors (Lipinski definition) is 0. The summed E-state index contributed by atoms with van der Waals surface area (Å²) >= 11 is 1.30. The van der Waals surface area contributed by atoms with Crippen molar-refractivity contribution in [2.75, 3.05) is 19.0 Å². The lowest BCUT2D eigenvalue weighted by molar-refractivity contribution is 0.0446. The third-order valence-corrected chi connectivity index (χ3v) is 3.91. The van der Waals surface area contributed by atoms with Crippen LogP contribution < -0.4 is 4.90 Å². The van der Waals surface area contributed by atoms with Gasteiger partial charge in [0, 0.05) is 29.9 Å².